The number of esters is 14. The number of hydrogen-bond donors (Lipinski definition) is 0. The number of ether oxygens (including phenoxy) is 18. The normalized spacial score (nSPS) is 11.9. The average Bonchev–Trinajstić information content (AvgIpc) is 0.859. The minimum atomic E-state index is -0.860. The molecule has 0 aromatic carbocycles. The summed E-state index contributed by atoms with van der Waals surface area (Å²) < 4.78 is 92.5. The van der Waals surface area contributed by atoms with Gasteiger partial charge >= 0.3 is 83.6 Å². The predicted molar refractivity (Wildman–Crippen MR) is 462 cm³/mol. The SMILES string of the molecule is C=C(C)C(=O)OC(C)COCC(C)(C)COCC(C)OC(=O)C(=C)C.C=C(C)C(=O)OCC(CC)(COC(=O)C(=C)C)COC(=O)C(=C)C.C=C(C)C(=O)OCCC(C)OC(=O)C(=C)C.C=CC(=O)OC(C)COCC(C)(C)COCC(C)OC(=O)C=C.C=CC(=O)OCC(CC)(COC(=O)C=C)COC(=O)C=C.C=CC(=O)OCCC(C)OC(=O)C=C. The molecule has 6 unspecified atom stereocenters. The Labute approximate surface area is 727 Å². The molecule has 694 valence electrons. The summed E-state index contributed by atoms with van der Waals surface area (Å²) in [6.45, 7) is 83.5. The third-order valence-corrected chi connectivity index (χ3v) is 15.0. The second-order valence-electron chi connectivity index (χ2n) is 29.8. The topological polar surface area (TPSA) is 405 Å². The van der Waals surface area contributed by atoms with Crippen LogP contribution in [0, 0.1) is 21.7 Å². The maximum Gasteiger partial charge on any atom is 0.333 e. The minimum absolute atomic E-state index is 0.0802. The van der Waals surface area contributed by atoms with Gasteiger partial charge in [0.25, 0.3) is 0 Å². The minimum Gasteiger partial charge on any atom is -0.462 e. The Hall–Kier alpha value is -11.2. The van der Waals surface area contributed by atoms with Crippen LogP contribution in [0.2, 0.25) is 0 Å². The molecule has 32 heteroatoms. The highest BCUT2D eigenvalue weighted by Gasteiger charge is 2.36. The summed E-state index contributed by atoms with van der Waals surface area (Å²) in [5.74, 6) is -7.13. The highest BCUT2D eigenvalue weighted by atomic mass is 16.6. The molecular formula is C91H138O32. The van der Waals surface area contributed by atoms with Gasteiger partial charge in [-0.15, -0.1) is 0 Å². The standard InChI is InChI=1S/C19H32O6.C18H26O6.C17H28O6.C15H20O6.C12H18O4.C10H14O4/c1-13(2)17(20)24-15(5)9-22-11-19(7,8)12-23-10-16(6)25-18(21)14(3)4;1-8-18(9-22-15(19)12(2)3,10-23-16(20)13(4)5)11-24-17(21)14(6)7;1-7-15(18)22-13(3)9-20-11-17(5,6)12-21-10-14(4)23-16(19)8-2;1-5-12(16)19-9-15(8-4,10-20-13(17)6-2)11-21-14(18)7-3;1-8(2)11(13)15-7-6-10(5)16-12(14)9(3)4;1-4-9(11)13-7-6-8(3)14-10(12)5-2/h15-16H,1,3,9-12H2,2,4-8H3;2,4,6,8-11H2,1,3,5,7H3;7-8,13-14H,1-2,9-12H2,3-6H3;5-7H,1-3,8-11H2,4H3;10H,1,3,6-7H2,2,4-5H3;4-5,8H,1-2,6-7H2,3H3. The van der Waals surface area contributed by atoms with Gasteiger partial charge in [-0.3, -0.25) is 0 Å². The summed E-state index contributed by atoms with van der Waals surface area (Å²) in [6, 6.07) is 0. The summed E-state index contributed by atoms with van der Waals surface area (Å²) in [5, 5.41) is 0. The zero-order chi connectivity index (χ0) is 96.4. The van der Waals surface area contributed by atoms with E-state index in [0.29, 0.717) is 101 Å². The van der Waals surface area contributed by atoms with Crippen LogP contribution in [0.15, 0.2) is 174 Å². The first-order valence-electron chi connectivity index (χ1n) is 38.9. The lowest BCUT2D eigenvalue weighted by Gasteiger charge is -2.31. The molecule has 0 heterocycles. The molecule has 32 nitrogen and oxygen atoms in total. The van der Waals surface area contributed by atoms with Gasteiger partial charge in [-0.2, -0.15) is 0 Å². The van der Waals surface area contributed by atoms with Crippen LogP contribution in [0.4, 0.5) is 0 Å². The van der Waals surface area contributed by atoms with Crippen LogP contribution >= 0.6 is 0 Å². The van der Waals surface area contributed by atoms with Crippen LogP contribution in [-0.2, 0) is 152 Å². The van der Waals surface area contributed by atoms with Crippen LogP contribution in [0.3, 0.4) is 0 Å². The van der Waals surface area contributed by atoms with Crippen LogP contribution < -0.4 is 0 Å². The molecule has 0 saturated heterocycles. The van der Waals surface area contributed by atoms with E-state index < -0.39 is 94.4 Å². The second-order valence-corrected chi connectivity index (χ2v) is 29.8. The van der Waals surface area contributed by atoms with Gasteiger partial charge < -0.3 is 85.3 Å². The molecule has 0 aliphatic heterocycles. The quantitative estimate of drug-likeness (QED) is 0.0310. The fourth-order valence-corrected chi connectivity index (χ4v) is 7.49. The largest absolute Gasteiger partial charge is 0.462 e. The van der Waals surface area contributed by atoms with Gasteiger partial charge in [0.2, 0.25) is 0 Å². The van der Waals surface area contributed by atoms with E-state index in [9.17, 15) is 67.1 Å². The Bertz CT molecular complexity index is 3330. The Kier molecular flexibility index (Phi) is 69.1. The van der Waals surface area contributed by atoms with Gasteiger partial charge in [-0.1, -0.05) is 134 Å². The third-order valence-electron chi connectivity index (χ3n) is 15.0. The summed E-state index contributed by atoms with van der Waals surface area (Å²) in [5.41, 5.74) is 0.0349. The lowest BCUT2D eigenvalue weighted by molar-refractivity contribution is -0.159. The molecule has 0 rings (SSSR count). The summed E-state index contributed by atoms with van der Waals surface area (Å²) in [6.07, 6.45) is 7.32. The first-order chi connectivity index (χ1) is 57.0. The van der Waals surface area contributed by atoms with E-state index in [1.165, 1.54) is 20.8 Å². The summed E-state index contributed by atoms with van der Waals surface area (Å²) in [7, 11) is 0. The van der Waals surface area contributed by atoms with Crippen molar-refractivity contribution in [3.63, 3.8) is 0 Å². The number of hydrogen-bond acceptors (Lipinski definition) is 32. The van der Waals surface area contributed by atoms with Crippen LogP contribution in [0.5, 0.6) is 0 Å². The molecule has 0 aromatic rings. The molecule has 0 saturated carbocycles. The zero-order valence-corrected chi connectivity index (χ0v) is 76.1. The molecule has 0 bridgehead atoms. The molecule has 6 atom stereocenters. The van der Waals surface area contributed by atoms with Gasteiger partial charge in [-0.05, 0) is 103 Å². The third kappa shape index (κ3) is 70.1. The Morgan fingerprint density at radius 1 is 0.252 bits per heavy atom. The number of carbonyl (C=O) groups is 14. The predicted octanol–water partition coefficient (Wildman–Crippen LogP) is 12.9. The van der Waals surface area contributed by atoms with Crippen molar-refractivity contribution in [2.24, 2.45) is 21.7 Å². The van der Waals surface area contributed by atoms with Crippen LogP contribution in [-0.4, -0.2) is 226 Å². The van der Waals surface area contributed by atoms with Crippen molar-refractivity contribution in [1.29, 1.82) is 0 Å². The van der Waals surface area contributed by atoms with Gasteiger partial charge in [0, 0.05) is 105 Å². The Morgan fingerprint density at radius 3 is 0.667 bits per heavy atom. The van der Waals surface area contributed by atoms with Crippen LogP contribution in [0.1, 0.15) is 157 Å². The van der Waals surface area contributed by atoms with Crippen molar-refractivity contribution < 1.29 is 152 Å². The first-order valence-corrected chi connectivity index (χ1v) is 38.9. The molecule has 0 aliphatic rings. The van der Waals surface area contributed by atoms with Crippen molar-refractivity contribution >= 4 is 83.6 Å². The second kappa shape index (κ2) is 69.3. The lowest BCUT2D eigenvalue weighted by Crippen LogP contribution is -2.39. The van der Waals surface area contributed by atoms with Crippen molar-refractivity contribution in [1.82, 2.24) is 0 Å². The maximum atomic E-state index is 11.6. The van der Waals surface area contributed by atoms with Gasteiger partial charge in [0.05, 0.1) is 76.9 Å². The average molecular weight is 1740 g/mol. The van der Waals surface area contributed by atoms with E-state index in [1.807, 2.05) is 34.6 Å². The maximum absolute atomic E-state index is 11.6. The first kappa shape index (κ1) is 123. The number of rotatable bonds is 56. The molecule has 0 amide bonds. The molecule has 123 heavy (non-hydrogen) atoms. The molecule has 0 fully saturated rings. The van der Waals surface area contributed by atoms with Crippen molar-refractivity contribution in [2.75, 3.05) is 106 Å². The highest BCUT2D eigenvalue weighted by molar-refractivity contribution is 5.90. The highest BCUT2D eigenvalue weighted by Crippen LogP contribution is 2.27. The van der Waals surface area contributed by atoms with E-state index in [2.05, 4.69) is 92.1 Å². The van der Waals surface area contributed by atoms with Gasteiger partial charge in [0.1, 0.15) is 76.3 Å². The summed E-state index contributed by atoms with van der Waals surface area (Å²) >= 11 is 0. The molecule has 0 aromatic heterocycles. The zero-order valence-electron chi connectivity index (χ0n) is 76.1. The van der Waals surface area contributed by atoms with Crippen molar-refractivity contribution in [3.05, 3.63) is 174 Å². The monoisotopic (exact) mass is 1740 g/mol. The van der Waals surface area contributed by atoms with Gasteiger partial charge in [0.15, 0.2) is 0 Å². The van der Waals surface area contributed by atoms with E-state index >= 15 is 0 Å². The summed E-state index contributed by atoms with van der Waals surface area (Å²) in [4.78, 5) is 157. The smallest absolute Gasteiger partial charge is 0.333 e. The molecule has 0 spiro atoms. The molecule has 0 aliphatic carbocycles. The number of carbonyl (C=O) groups excluding carboxylic acids is 14. The lowest BCUT2D eigenvalue weighted by atomic mass is 9.88. The van der Waals surface area contributed by atoms with Crippen molar-refractivity contribution in [3.8, 4) is 0 Å². The van der Waals surface area contributed by atoms with E-state index in [0.717, 1.165) is 42.5 Å². The van der Waals surface area contributed by atoms with Gasteiger partial charge in [-0.25, -0.2) is 67.1 Å². The fraction of sp³-hybridized carbons (Fsp3) is 0.538. The fourth-order valence-electron chi connectivity index (χ4n) is 7.49. The molecular weight excluding hydrogens is 1600 g/mol. The Balaban J connectivity index is -0.000000337. The molecule has 0 radical (unpaired) electrons. The van der Waals surface area contributed by atoms with Crippen molar-refractivity contribution in [2.45, 2.75) is 194 Å². The van der Waals surface area contributed by atoms with Crippen LogP contribution in [0.25, 0.3) is 0 Å². The van der Waals surface area contributed by atoms with E-state index in [4.69, 9.17) is 85.3 Å². The molecule has 0 N–H and O–H groups in total. The van der Waals surface area contributed by atoms with E-state index in [-0.39, 0.29) is 117 Å². The van der Waals surface area contributed by atoms with E-state index in [1.54, 1.807) is 76.2 Å². The Morgan fingerprint density at radius 2 is 0.439 bits per heavy atom.